The molecule has 2 aliphatic heterocycles. The molecule has 8 nitrogen and oxygen atoms in total. The number of aliphatic hydroxyl groups excluding tert-OH is 1. The highest BCUT2D eigenvalue weighted by molar-refractivity contribution is 8.00. The molecule has 36 heavy (non-hydrogen) atoms. The average molecular weight is 545 g/mol. The molecule has 0 saturated carbocycles. The van der Waals surface area contributed by atoms with Gasteiger partial charge in [-0.05, 0) is 30.3 Å². The number of hydrogen-bond acceptors (Lipinski definition) is 8. The van der Waals surface area contributed by atoms with Crippen LogP contribution in [-0.2, 0) is 9.47 Å². The minimum Gasteiger partial charge on any atom is -0.397 e. The van der Waals surface area contributed by atoms with Gasteiger partial charge in [-0.25, -0.2) is 19.0 Å². The van der Waals surface area contributed by atoms with E-state index in [1.165, 1.54) is 11.1 Å². The van der Waals surface area contributed by atoms with E-state index in [1.54, 1.807) is 32.3 Å². The molecule has 2 aliphatic rings. The molecule has 13 heteroatoms. The van der Waals surface area contributed by atoms with Crippen LogP contribution >= 0.6 is 23.4 Å². The number of hydrazine groups is 1. The Bertz CT molecular complexity index is 1180. The summed E-state index contributed by atoms with van der Waals surface area (Å²) in [5.74, 6) is 1.52. The van der Waals surface area contributed by atoms with Crippen LogP contribution in [-0.4, -0.2) is 71.4 Å². The number of rotatable bonds is 6. The van der Waals surface area contributed by atoms with Crippen LogP contribution in [0.5, 0.6) is 0 Å². The fourth-order valence-corrected chi connectivity index (χ4v) is 5.42. The zero-order valence-corrected chi connectivity index (χ0v) is 20.8. The van der Waals surface area contributed by atoms with E-state index in [2.05, 4.69) is 0 Å². The molecule has 2 fully saturated rings. The number of ether oxygens (including phenoxy) is 2. The van der Waals surface area contributed by atoms with Crippen molar-refractivity contribution in [1.82, 2.24) is 9.91 Å². The highest BCUT2D eigenvalue weighted by Crippen LogP contribution is 2.41. The van der Waals surface area contributed by atoms with E-state index in [0.717, 1.165) is 28.9 Å². The van der Waals surface area contributed by atoms with E-state index >= 15 is 0 Å². The van der Waals surface area contributed by atoms with Crippen LogP contribution in [0.1, 0.15) is 15.9 Å². The van der Waals surface area contributed by atoms with Crippen LogP contribution in [0.2, 0.25) is 5.02 Å². The van der Waals surface area contributed by atoms with Gasteiger partial charge < -0.3 is 30.2 Å². The lowest BCUT2D eigenvalue weighted by molar-refractivity contribution is -0.269. The number of thioether (sulfide) groups is 1. The number of hydrogen-bond donors (Lipinski definition) is 3. The van der Waals surface area contributed by atoms with Gasteiger partial charge in [-0.1, -0.05) is 23.4 Å². The number of carbonyl (C=O) groups is 1. The number of carbonyl (C=O) groups excluding carboxylic acids is 1. The van der Waals surface area contributed by atoms with Crippen LogP contribution < -0.4 is 11.6 Å². The summed E-state index contributed by atoms with van der Waals surface area (Å²) in [5.41, 5.74) is 5.17. The molecule has 194 valence electrons. The van der Waals surface area contributed by atoms with Gasteiger partial charge in [0.05, 0.1) is 17.9 Å². The minimum absolute atomic E-state index is 0.133. The number of aliphatic hydroxyl groups is 1. The Morgan fingerprint density at radius 3 is 2.47 bits per heavy atom. The summed E-state index contributed by atoms with van der Waals surface area (Å²) < 4.78 is 52.1. The molecule has 0 spiro atoms. The van der Waals surface area contributed by atoms with Gasteiger partial charge in [-0.15, -0.1) is 0 Å². The number of nitrogens with two attached hydrogens (primary N) is 2. The van der Waals surface area contributed by atoms with Crippen LogP contribution in [0.4, 0.5) is 13.2 Å². The van der Waals surface area contributed by atoms with Gasteiger partial charge in [-0.2, -0.15) is 0 Å². The van der Waals surface area contributed by atoms with E-state index < -0.39 is 47.2 Å². The number of nitrogens with zero attached hydrogens (tertiary/aromatic N) is 2. The molecular weight excluding hydrogens is 521 g/mol. The second-order valence-electron chi connectivity index (χ2n) is 8.57. The molecule has 0 aliphatic carbocycles. The minimum atomic E-state index is -1.62. The summed E-state index contributed by atoms with van der Waals surface area (Å²) in [6.45, 7) is 0.255. The maximum atomic E-state index is 13.6. The molecule has 1 amide bonds. The maximum absolute atomic E-state index is 13.6. The van der Waals surface area contributed by atoms with Gasteiger partial charge in [0, 0.05) is 35.8 Å². The normalized spacial score (nSPS) is 25.7. The highest BCUT2D eigenvalue weighted by Gasteiger charge is 2.53. The van der Waals surface area contributed by atoms with Crippen LogP contribution in [0, 0.1) is 17.5 Å². The van der Waals surface area contributed by atoms with Crippen molar-refractivity contribution < 1.29 is 32.5 Å². The van der Waals surface area contributed by atoms with Crippen molar-refractivity contribution in [2.75, 3.05) is 20.7 Å². The average Bonchev–Trinajstić information content (AvgIpc) is 2.80. The second kappa shape index (κ2) is 10.5. The SMILES string of the molecule is CN(C)C(=O)c1ccc(Cl)cc1SC1OC2COC2C(N(N)/C=C(\N)c2cc(F)c(F)c(F)c2)C1O. The fourth-order valence-electron chi connectivity index (χ4n) is 3.95. The standard InChI is InChI=1S/C23H24ClF3N4O4S/c1-30(2)22(33)12-4-3-11(24)7-17(12)36-23-20(32)19(21-16(35-23)9-34-21)31(29)8-15(28)10-5-13(25)18(27)14(26)6-10/h3-8,16,19-21,23,32H,9,28-29H2,1-2H3/b15-8-. The van der Waals surface area contributed by atoms with Crippen molar-refractivity contribution >= 4 is 35.0 Å². The van der Waals surface area contributed by atoms with Gasteiger partial charge in [0.15, 0.2) is 17.5 Å². The third kappa shape index (κ3) is 5.15. The predicted molar refractivity (Wildman–Crippen MR) is 128 cm³/mol. The van der Waals surface area contributed by atoms with Crippen molar-refractivity contribution in [1.29, 1.82) is 0 Å². The van der Waals surface area contributed by atoms with Gasteiger partial charge in [-0.3, -0.25) is 4.79 Å². The summed E-state index contributed by atoms with van der Waals surface area (Å²) in [6, 6.07) is 5.40. The lowest BCUT2D eigenvalue weighted by Gasteiger charge is -2.52. The maximum Gasteiger partial charge on any atom is 0.254 e. The Morgan fingerprint density at radius 1 is 1.22 bits per heavy atom. The smallest absolute Gasteiger partial charge is 0.254 e. The first-order valence-electron chi connectivity index (χ1n) is 10.8. The molecule has 2 saturated heterocycles. The van der Waals surface area contributed by atoms with E-state index in [4.69, 9.17) is 32.7 Å². The molecule has 0 aromatic heterocycles. The van der Waals surface area contributed by atoms with Crippen molar-refractivity contribution in [3.8, 4) is 0 Å². The van der Waals surface area contributed by atoms with Crippen molar-refractivity contribution in [2.45, 2.75) is 34.7 Å². The molecule has 2 aromatic rings. The summed E-state index contributed by atoms with van der Waals surface area (Å²) in [7, 11) is 3.23. The number of amides is 1. The topological polar surface area (TPSA) is 114 Å². The summed E-state index contributed by atoms with van der Waals surface area (Å²) in [5, 5.41) is 12.7. The first-order valence-corrected chi connectivity index (χ1v) is 12.0. The van der Waals surface area contributed by atoms with Crippen molar-refractivity contribution in [3.05, 3.63) is 70.1 Å². The lowest BCUT2D eigenvalue weighted by atomic mass is 9.93. The van der Waals surface area contributed by atoms with Gasteiger partial charge in [0.1, 0.15) is 29.8 Å². The Morgan fingerprint density at radius 2 is 1.89 bits per heavy atom. The fraction of sp³-hybridized carbons (Fsp3) is 0.348. The zero-order chi connectivity index (χ0) is 26.3. The molecule has 4 rings (SSSR count). The summed E-state index contributed by atoms with van der Waals surface area (Å²) in [4.78, 5) is 14.6. The van der Waals surface area contributed by atoms with Crippen LogP contribution in [0.25, 0.3) is 5.70 Å². The molecule has 2 aromatic carbocycles. The van der Waals surface area contributed by atoms with E-state index in [0.29, 0.717) is 15.5 Å². The third-order valence-corrected chi connectivity index (χ3v) is 7.32. The molecular formula is C23H24ClF3N4O4S. The quantitative estimate of drug-likeness (QED) is 0.289. The van der Waals surface area contributed by atoms with E-state index in [9.17, 15) is 23.1 Å². The summed E-state index contributed by atoms with van der Waals surface area (Å²) in [6.07, 6.45) is -1.10. The number of halogens is 4. The lowest BCUT2D eigenvalue weighted by Crippen LogP contribution is -2.69. The van der Waals surface area contributed by atoms with Crippen LogP contribution in [0.3, 0.4) is 0 Å². The second-order valence-corrected chi connectivity index (χ2v) is 10.1. The predicted octanol–water partition coefficient (Wildman–Crippen LogP) is 2.54. The van der Waals surface area contributed by atoms with Gasteiger partial charge in [0.25, 0.3) is 5.91 Å². The number of fused-ring (bicyclic) bond motifs is 1. The monoisotopic (exact) mass is 544 g/mol. The van der Waals surface area contributed by atoms with Gasteiger partial charge in [0.2, 0.25) is 0 Å². The van der Waals surface area contributed by atoms with Crippen LogP contribution in [0.15, 0.2) is 41.4 Å². The van der Waals surface area contributed by atoms with E-state index in [-0.39, 0.29) is 23.8 Å². The van der Waals surface area contributed by atoms with Crippen molar-refractivity contribution in [2.24, 2.45) is 11.6 Å². The molecule has 0 bridgehead atoms. The summed E-state index contributed by atoms with van der Waals surface area (Å²) >= 11 is 7.26. The molecule has 5 N–H and O–H groups in total. The zero-order valence-electron chi connectivity index (χ0n) is 19.2. The third-order valence-electron chi connectivity index (χ3n) is 5.87. The molecule has 0 radical (unpaired) electrons. The Balaban J connectivity index is 1.60. The first-order chi connectivity index (χ1) is 17.0. The highest BCUT2D eigenvalue weighted by atomic mass is 35.5. The molecule has 5 atom stereocenters. The van der Waals surface area contributed by atoms with Gasteiger partial charge >= 0.3 is 0 Å². The Kier molecular flexibility index (Phi) is 7.74. The Labute approximate surface area is 214 Å². The van der Waals surface area contributed by atoms with E-state index in [1.807, 2.05) is 0 Å². The number of benzene rings is 2. The molecule has 2 heterocycles. The Hall–Kier alpha value is -2.48. The van der Waals surface area contributed by atoms with Crippen molar-refractivity contribution in [3.63, 3.8) is 0 Å². The largest absolute Gasteiger partial charge is 0.397 e. The first kappa shape index (κ1) is 26.6. The molecule has 5 unspecified atom stereocenters.